The lowest BCUT2D eigenvalue weighted by molar-refractivity contribution is 1.22. The number of para-hydroxylation sites is 1. The summed E-state index contributed by atoms with van der Waals surface area (Å²) in [7, 11) is 0. The predicted octanol–water partition coefficient (Wildman–Crippen LogP) is 12.2. The first-order valence-corrected chi connectivity index (χ1v) is 18.1. The molecule has 10 aromatic rings. The summed E-state index contributed by atoms with van der Waals surface area (Å²) in [5, 5.41) is 8.26. The Hall–Kier alpha value is -6.42. The van der Waals surface area contributed by atoms with E-state index in [9.17, 15) is 0 Å². The van der Waals surface area contributed by atoms with Crippen LogP contribution in [0.4, 0.5) is 17.1 Å². The third kappa shape index (κ3) is 4.63. The Bertz CT molecular complexity index is 3040. The summed E-state index contributed by atoms with van der Waals surface area (Å²) in [6.07, 6.45) is 3.96. The summed E-state index contributed by atoms with van der Waals surface area (Å²) in [4.78, 5) is 2.41. The van der Waals surface area contributed by atoms with E-state index >= 15 is 0 Å². The van der Waals surface area contributed by atoms with E-state index in [1.54, 1.807) is 0 Å². The molecule has 0 bridgehead atoms. The lowest BCUT2D eigenvalue weighted by atomic mass is 10.00. The summed E-state index contributed by atoms with van der Waals surface area (Å²) in [6, 6.07) is 57.3. The van der Waals surface area contributed by atoms with Crippen LogP contribution < -0.4 is 15.5 Å². The summed E-state index contributed by atoms with van der Waals surface area (Å²) in [5.74, 6) is 0. The van der Waals surface area contributed by atoms with Crippen molar-refractivity contribution in [1.29, 1.82) is 0 Å². The van der Waals surface area contributed by atoms with Gasteiger partial charge in [-0.15, -0.1) is 11.3 Å². The normalized spacial score (nSPS) is 12.2. The number of hydrogen-bond acceptors (Lipinski definition) is 2. The van der Waals surface area contributed by atoms with Gasteiger partial charge in [0, 0.05) is 64.0 Å². The van der Waals surface area contributed by atoms with E-state index in [4.69, 9.17) is 0 Å². The van der Waals surface area contributed by atoms with E-state index in [-0.39, 0.29) is 0 Å². The lowest BCUT2D eigenvalue weighted by Crippen LogP contribution is -2.23. The molecule has 3 heterocycles. The van der Waals surface area contributed by atoms with Gasteiger partial charge in [-0.1, -0.05) is 128 Å². The van der Waals surface area contributed by atoms with Crippen molar-refractivity contribution < 1.29 is 0 Å². The van der Waals surface area contributed by atoms with Crippen LogP contribution in [-0.4, -0.2) is 4.40 Å². The number of fused-ring (bicyclic) bond motifs is 6. The first-order valence-electron chi connectivity index (χ1n) is 17.2. The average Bonchev–Trinajstić information content (AvgIpc) is 3.82. The zero-order valence-electron chi connectivity index (χ0n) is 27.9. The second kappa shape index (κ2) is 11.6. The molecule has 0 radical (unpaired) electrons. The Morgan fingerprint density at radius 2 is 1.06 bits per heavy atom. The SMILES string of the molecule is C=C/C=c1\c(=C)n2c3ccccc3c3cc(N(c4ccc(-c5ccc(-c6ccccc6)cc5)cc4)c4ccc5sc6ccccc6c5c4)cc1c32. The second-order valence-corrected chi connectivity index (χ2v) is 14.2. The fourth-order valence-corrected chi connectivity index (χ4v) is 8.95. The number of thiophene rings is 1. The number of aromatic nitrogens is 1. The van der Waals surface area contributed by atoms with Gasteiger partial charge in [0.25, 0.3) is 0 Å². The second-order valence-electron chi connectivity index (χ2n) is 13.1. The fraction of sp³-hybridized carbons (Fsp3) is 0. The predicted molar refractivity (Wildman–Crippen MR) is 221 cm³/mol. The molecule has 51 heavy (non-hydrogen) atoms. The van der Waals surface area contributed by atoms with Crippen LogP contribution in [0, 0.1) is 0 Å². The fourth-order valence-electron chi connectivity index (χ4n) is 7.87. The van der Waals surface area contributed by atoms with E-state index in [0.717, 1.165) is 27.6 Å². The molecule has 3 heteroatoms. The van der Waals surface area contributed by atoms with Gasteiger partial charge in [-0.05, 0) is 76.9 Å². The van der Waals surface area contributed by atoms with Crippen LogP contribution >= 0.6 is 11.3 Å². The van der Waals surface area contributed by atoms with Crippen molar-refractivity contribution in [2.24, 2.45) is 0 Å². The van der Waals surface area contributed by atoms with Gasteiger partial charge >= 0.3 is 0 Å². The molecule has 0 N–H and O–H groups in total. The van der Waals surface area contributed by atoms with Crippen LogP contribution in [0.2, 0.25) is 0 Å². The van der Waals surface area contributed by atoms with Crippen molar-refractivity contribution in [1.82, 2.24) is 4.40 Å². The number of rotatable bonds is 6. The van der Waals surface area contributed by atoms with Crippen molar-refractivity contribution in [3.05, 3.63) is 181 Å². The molecule has 3 aromatic heterocycles. The quantitative estimate of drug-likeness (QED) is 0.171. The van der Waals surface area contributed by atoms with Gasteiger partial charge in [-0.25, -0.2) is 0 Å². The van der Waals surface area contributed by atoms with Gasteiger partial charge < -0.3 is 9.30 Å². The Labute approximate surface area is 299 Å². The highest BCUT2D eigenvalue weighted by Gasteiger charge is 2.21. The zero-order valence-corrected chi connectivity index (χ0v) is 28.7. The van der Waals surface area contributed by atoms with Crippen LogP contribution in [0.25, 0.3) is 82.3 Å². The Morgan fingerprint density at radius 3 is 1.80 bits per heavy atom. The molecular formula is C48H32N2S. The molecule has 0 unspecified atom stereocenters. The maximum Gasteiger partial charge on any atom is 0.0621 e. The molecule has 0 amide bonds. The number of hydrogen-bond donors (Lipinski definition) is 0. The number of allylic oxidation sites excluding steroid dienone is 1. The molecule has 0 aliphatic heterocycles. The average molecular weight is 669 g/mol. The maximum atomic E-state index is 4.56. The van der Waals surface area contributed by atoms with Crippen LogP contribution in [0.1, 0.15) is 0 Å². The van der Waals surface area contributed by atoms with Crippen molar-refractivity contribution in [2.45, 2.75) is 0 Å². The van der Waals surface area contributed by atoms with Crippen molar-refractivity contribution in [2.75, 3.05) is 4.90 Å². The van der Waals surface area contributed by atoms with Crippen LogP contribution in [-0.2, 0) is 0 Å². The molecule has 0 atom stereocenters. The van der Waals surface area contributed by atoms with Crippen LogP contribution in [0.5, 0.6) is 0 Å². The summed E-state index contributed by atoms with van der Waals surface area (Å²) < 4.78 is 4.91. The molecular weight excluding hydrogens is 637 g/mol. The highest BCUT2D eigenvalue weighted by atomic mass is 32.1. The van der Waals surface area contributed by atoms with Gasteiger partial charge in [0.1, 0.15) is 0 Å². The van der Waals surface area contributed by atoms with E-state index in [1.807, 2.05) is 17.4 Å². The molecule has 2 nitrogen and oxygen atoms in total. The first kappa shape index (κ1) is 29.5. The van der Waals surface area contributed by atoms with Gasteiger partial charge in [0.15, 0.2) is 0 Å². The third-order valence-corrected chi connectivity index (χ3v) is 11.4. The van der Waals surface area contributed by atoms with E-state index in [0.29, 0.717) is 0 Å². The Morgan fingerprint density at radius 1 is 0.490 bits per heavy atom. The molecule has 10 rings (SSSR count). The molecule has 0 spiro atoms. The zero-order chi connectivity index (χ0) is 34.1. The minimum Gasteiger partial charge on any atom is -0.310 e. The minimum absolute atomic E-state index is 0.980. The van der Waals surface area contributed by atoms with Crippen LogP contribution in [0.3, 0.4) is 0 Å². The van der Waals surface area contributed by atoms with E-state index < -0.39 is 0 Å². The Balaban J connectivity index is 1.18. The number of benzene rings is 7. The van der Waals surface area contributed by atoms with Gasteiger partial charge in [-0.2, -0.15) is 0 Å². The molecule has 0 saturated heterocycles. The lowest BCUT2D eigenvalue weighted by Gasteiger charge is -2.26. The highest BCUT2D eigenvalue weighted by Crippen LogP contribution is 2.43. The smallest absolute Gasteiger partial charge is 0.0621 e. The molecule has 0 saturated carbocycles. The Kier molecular flexibility index (Phi) is 6.70. The standard InChI is InChI=1S/C48H32N2S/c1-3-11-39-31(2)49-45-16-9-7-14-40(45)44-30-38(29-43(39)48(44)49)50(37-26-27-47-42(28-37)41-15-8-10-17-46(41)51-47)36-24-22-35(23-25-36)34-20-18-33(19-21-34)32-12-5-4-6-13-32/h3-30H,1-2H2/b39-11+. The van der Waals surface area contributed by atoms with E-state index in [1.165, 1.54) is 69.6 Å². The monoisotopic (exact) mass is 668 g/mol. The maximum absolute atomic E-state index is 4.56. The van der Waals surface area contributed by atoms with Gasteiger partial charge in [-0.3, -0.25) is 0 Å². The van der Waals surface area contributed by atoms with E-state index in [2.05, 4.69) is 186 Å². The largest absolute Gasteiger partial charge is 0.310 e. The number of nitrogens with zero attached hydrogens (tertiary/aromatic N) is 2. The number of anilines is 3. The summed E-state index contributed by atoms with van der Waals surface area (Å²) in [5.41, 5.74) is 10.5. The molecule has 240 valence electrons. The summed E-state index contributed by atoms with van der Waals surface area (Å²) in [6.45, 7) is 8.61. The van der Waals surface area contributed by atoms with Crippen molar-refractivity contribution in [3.8, 4) is 22.3 Å². The minimum atomic E-state index is 0.980. The molecule has 7 aromatic carbocycles. The van der Waals surface area contributed by atoms with Crippen LogP contribution in [0.15, 0.2) is 170 Å². The van der Waals surface area contributed by atoms with Crippen molar-refractivity contribution >= 4 is 88.4 Å². The van der Waals surface area contributed by atoms with Gasteiger partial charge in [0.05, 0.1) is 11.0 Å². The first-order chi connectivity index (χ1) is 25.2. The molecule has 0 aliphatic carbocycles. The summed E-state index contributed by atoms with van der Waals surface area (Å²) >= 11 is 1.85. The van der Waals surface area contributed by atoms with Gasteiger partial charge in [0.2, 0.25) is 0 Å². The van der Waals surface area contributed by atoms with Crippen molar-refractivity contribution in [3.63, 3.8) is 0 Å². The highest BCUT2D eigenvalue weighted by molar-refractivity contribution is 7.25. The topological polar surface area (TPSA) is 7.65 Å². The molecule has 0 fully saturated rings. The third-order valence-electron chi connectivity index (χ3n) is 10.2. The molecule has 0 aliphatic rings.